The maximum absolute atomic E-state index is 8.87. The van der Waals surface area contributed by atoms with Gasteiger partial charge in [-0.25, -0.2) is 0 Å². The molecule has 2 rings (SSSR count). The second-order valence-electron chi connectivity index (χ2n) is 3.95. The molecule has 19 heavy (non-hydrogen) atoms. The van der Waals surface area contributed by atoms with Crippen LogP contribution in [0.25, 0.3) is 11.4 Å². The largest absolute Gasteiger partial charge is 0.302 e. The molecule has 1 aromatic heterocycles. The quantitative estimate of drug-likeness (QED) is 0.808. The summed E-state index contributed by atoms with van der Waals surface area (Å²) < 4.78 is 2.00. The average molecular weight is 293 g/mol. The second-order valence-corrected chi connectivity index (χ2v) is 5.69. The molecular formula is C13H13ClN4S. The highest BCUT2D eigenvalue weighted by atomic mass is 35.5. The molecule has 1 aromatic carbocycles. The van der Waals surface area contributed by atoms with Crippen molar-refractivity contribution in [1.29, 1.82) is 5.26 Å². The first-order valence-corrected chi connectivity index (χ1v) is 7.17. The van der Waals surface area contributed by atoms with E-state index in [1.165, 1.54) is 11.8 Å². The smallest absolute Gasteiger partial charge is 0.192 e. The van der Waals surface area contributed by atoms with Gasteiger partial charge < -0.3 is 4.57 Å². The third kappa shape index (κ3) is 3.09. The Morgan fingerprint density at radius 1 is 1.37 bits per heavy atom. The maximum Gasteiger partial charge on any atom is 0.192 e. The molecule has 0 saturated heterocycles. The normalized spacial score (nSPS) is 12.1. The van der Waals surface area contributed by atoms with Crippen LogP contribution in [0.1, 0.15) is 13.8 Å². The molecule has 6 heteroatoms. The van der Waals surface area contributed by atoms with Gasteiger partial charge in [-0.15, -0.1) is 10.2 Å². The minimum absolute atomic E-state index is 0.146. The Morgan fingerprint density at radius 3 is 2.63 bits per heavy atom. The fourth-order valence-electron chi connectivity index (χ4n) is 1.66. The molecule has 0 aliphatic heterocycles. The van der Waals surface area contributed by atoms with Gasteiger partial charge in [0.2, 0.25) is 0 Å². The van der Waals surface area contributed by atoms with E-state index in [9.17, 15) is 0 Å². The minimum atomic E-state index is -0.146. The van der Waals surface area contributed by atoms with Gasteiger partial charge >= 0.3 is 0 Å². The summed E-state index contributed by atoms with van der Waals surface area (Å²) in [6.45, 7) is 4.64. The summed E-state index contributed by atoms with van der Waals surface area (Å²) in [7, 11) is 0. The lowest BCUT2D eigenvalue weighted by Gasteiger charge is -2.07. The molecule has 1 atom stereocenters. The lowest BCUT2D eigenvalue weighted by molar-refractivity contribution is 0.687. The van der Waals surface area contributed by atoms with Gasteiger partial charge in [0.15, 0.2) is 11.0 Å². The van der Waals surface area contributed by atoms with E-state index in [0.29, 0.717) is 5.02 Å². The van der Waals surface area contributed by atoms with Crippen molar-refractivity contribution in [2.45, 2.75) is 30.8 Å². The van der Waals surface area contributed by atoms with Gasteiger partial charge in [-0.1, -0.05) is 23.4 Å². The van der Waals surface area contributed by atoms with Crippen LogP contribution in [0.5, 0.6) is 0 Å². The number of thioether (sulfide) groups is 1. The van der Waals surface area contributed by atoms with Gasteiger partial charge in [-0.05, 0) is 38.1 Å². The molecule has 4 nitrogen and oxygen atoms in total. The highest BCUT2D eigenvalue weighted by Crippen LogP contribution is 2.27. The maximum atomic E-state index is 8.87. The van der Waals surface area contributed by atoms with E-state index >= 15 is 0 Å². The van der Waals surface area contributed by atoms with E-state index in [4.69, 9.17) is 16.9 Å². The lowest BCUT2D eigenvalue weighted by Crippen LogP contribution is -2.02. The summed E-state index contributed by atoms with van der Waals surface area (Å²) in [5.41, 5.74) is 0.968. The molecule has 0 saturated carbocycles. The molecule has 0 unspecified atom stereocenters. The summed E-state index contributed by atoms with van der Waals surface area (Å²) in [6.07, 6.45) is 0. The summed E-state index contributed by atoms with van der Waals surface area (Å²) >= 11 is 7.30. The molecule has 0 bridgehead atoms. The molecule has 0 radical (unpaired) electrons. The average Bonchev–Trinajstić information content (AvgIpc) is 2.82. The van der Waals surface area contributed by atoms with Crippen LogP contribution in [0.2, 0.25) is 5.02 Å². The molecule has 2 aromatic rings. The van der Waals surface area contributed by atoms with Crippen LogP contribution in [-0.4, -0.2) is 20.0 Å². The van der Waals surface area contributed by atoms with E-state index in [1.807, 2.05) is 42.7 Å². The molecule has 0 aliphatic carbocycles. The number of benzene rings is 1. The van der Waals surface area contributed by atoms with Gasteiger partial charge in [0.25, 0.3) is 0 Å². The van der Waals surface area contributed by atoms with Crippen LogP contribution in [0.15, 0.2) is 29.4 Å². The van der Waals surface area contributed by atoms with E-state index in [0.717, 1.165) is 23.1 Å². The van der Waals surface area contributed by atoms with Crippen molar-refractivity contribution in [3.63, 3.8) is 0 Å². The summed E-state index contributed by atoms with van der Waals surface area (Å²) in [6, 6.07) is 9.68. The Hall–Kier alpha value is -1.51. The van der Waals surface area contributed by atoms with Crippen molar-refractivity contribution in [3.8, 4) is 17.5 Å². The topological polar surface area (TPSA) is 54.5 Å². The lowest BCUT2D eigenvalue weighted by atomic mass is 10.2. The Labute approximate surface area is 121 Å². The standard InChI is InChI=1S/C13H13ClN4S/c1-3-18-12(10-4-6-11(14)7-5-10)16-17-13(18)19-9(2)8-15/h4-7,9H,3H2,1-2H3/t9-/m1/s1. The van der Waals surface area contributed by atoms with Gasteiger partial charge in [0.1, 0.15) is 0 Å². The highest BCUT2D eigenvalue weighted by molar-refractivity contribution is 8.00. The number of hydrogen-bond acceptors (Lipinski definition) is 4. The van der Waals surface area contributed by atoms with E-state index < -0.39 is 0 Å². The number of aromatic nitrogens is 3. The molecule has 1 heterocycles. The molecule has 0 N–H and O–H groups in total. The van der Waals surface area contributed by atoms with Crippen molar-refractivity contribution in [2.24, 2.45) is 0 Å². The van der Waals surface area contributed by atoms with Crippen LogP contribution in [0.3, 0.4) is 0 Å². The first kappa shape index (κ1) is 13.9. The zero-order valence-corrected chi connectivity index (χ0v) is 12.2. The zero-order valence-electron chi connectivity index (χ0n) is 10.7. The van der Waals surface area contributed by atoms with Crippen LogP contribution >= 0.6 is 23.4 Å². The fraction of sp³-hybridized carbons (Fsp3) is 0.308. The van der Waals surface area contributed by atoms with Crippen LogP contribution in [-0.2, 0) is 6.54 Å². The number of hydrogen-bond donors (Lipinski definition) is 0. The van der Waals surface area contributed by atoms with Crippen molar-refractivity contribution in [3.05, 3.63) is 29.3 Å². The number of nitrogens with zero attached hydrogens (tertiary/aromatic N) is 4. The van der Waals surface area contributed by atoms with Gasteiger partial charge in [0, 0.05) is 17.1 Å². The Balaban J connectivity index is 2.37. The van der Waals surface area contributed by atoms with E-state index in [2.05, 4.69) is 16.3 Å². The number of nitriles is 1. The van der Waals surface area contributed by atoms with Gasteiger partial charge in [0.05, 0.1) is 11.3 Å². The van der Waals surface area contributed by atoms with Gasteiger partial charge in [-0.3, -0.25) is 0 Å². The van der Waals surface area contributed by atoms with Gasteiger partial charge in [-0.2, -0.15) is 5.26 Å². The number of halogens is 1. The SMILES string of the molecule is CCn1c(S[C@H](C)C#N)nnc1-c1ccc(Cl)cc1. The molecule has 0 amide bonds. The highest BCUT2D eigenvalue weighted by Gasteiger charge is 2.15. The first-order valence-electron chi connectivity index (χ1n) is 5.91. The zero-order chi connectivity index (χ0) is 13.8. The summed E-state index contributed by atoms with van der Waals surface area (Å²) in [4.78, 5) is 0. The number of rotatable bonds is 4. The predicted molar refractivity (Wildman–Crippen MR) is 77.1 cm³/mol. The third-order valence-electron chi connectivity index (χ3n) is 2.60. The van der Waals surface area contributed by atoms with Crippen molar-refractivity contribution in [2.75, 3.05) is 0 Å². The first-order chi connectivity index (χ1) is 9.15. The van der Waals surface area contributed by atoms with Crippen molar-refractivity contribution >= 4 is 23.4 Å². The van der Waals surface area contributed by atoms with Crippen LogP contribution in [0.4, 0.5) is 0 Å². The second kappa shape index (κ2) is 6.09. The Morgan fingerprint density at radius 2 is 2.05 bits per heavy atom. The molecular weight excluding hydrogens is 280 g/mol. The summed E-state index contributed by atoms with van der Waals surface area (Å²) in [5, 5.41) is 18.6. The minimum Gasteiger partial charge on any atom is -0.302 e. The van der Waals surface area contributed by atoms with Crippen molar-refractivity contribution < 1.29 is 0 Å². The van der Waals surface area contributed by atoms with Crippen LogP contribution < -0.4 is 0 Å². The summed E-state index contributed by atoms with van der Waals surface area (Å²) in [5.74, 6) is 0.798. The fourth-order valence-corrected chi connectivity index (χ4v) is 2.58. The van der Waals surface area contributed by atoms with E-state index in [-0.39, 0.29) is 5.25 Å². The van der Waals surface area contributed by atoms with E-state index in [1.54, 1.807) is 0 Å². The third-order valence-corrected chi connectivity index (χ3v) is 3.82. The predicted octanol–water partition coefficient (Wildman–Crippen LogP) is 3.62. The molecule has 0 fully saturated rings. The monoisotopic (exact) mass is 292 g/mol. The molecule has 98 valence electrons. The molecule has 0 spiro atoms. The van der Waals surface area contributed by atoms with Crippen molar-refractivity contribution in [1.82, 2.24) is 14.8 Å². The van der Waals surface area contributed by atoms with Crippen LogP contribution in [0, 0.1) is 11.3 Å². The Bertz CT molecular complexity index is 600. The Kier molecular flexibility index (Phi) is 4.46. The molecule has 0 aliphatic rings.